The Morgan fingerprint density at radius 2 is 1.92 bits per heavy atom. The van der Waals surface area contributed by atoms with Gasteiger partial charge in [-0.1, -0.05) is 50.5 Å². The highest BCUT2D eigenvalue weighted by atomic mass is 16.1. The van der Waals surface area contributed by atoms with Crippen molar-refractivity contribution >= 4 is 5.78 Å². The molecule has 0 bridgehead atoms. The van der Waals surface area contributed by atoms with E-state index in [1.165, 1.54) is 44.1 Å². The summed E-state index contributed by atoms with van der Waals surface area (Å²) in [6.07, 6.45) is 14.3. The molecule has 0 aromatic rings. The molecule has 136 valence electrons. The Morgan fingerprint density at radius 3 is 2.58 bits per heavy atom. The van der Waals surface area contributed by atoms with Gasteiger partial charge in [0.15, 0.2) is 0 Å². The Kier molecular flexibility index (Phi) is 6.15. The third-order valence-electron chi connectivity index (χ3n) is 7.11. The maximum atomic E-state index is 11.1. The molecule has 2 rings (SSSR count). The second kappa shape index (κ2) is 7.58. The molecule has 1 saturated carbocycles. The summed E-state index contributed by atoms with van der Waals surface area (Å²) < 4.78 is 0. The minimum atomic E-state index is 0.296. The van der Waals surface area contributed by atoms with Crippen LogP contribution in [0.5, 0.6) is 0 Å². The molecule has 1 heteroatoms. The zero-order chi connectivity index (χ0) is 18.0. The van der Waals surface area contributed by atoms with Crippen LogP contribution in [-0.2, 0) is 4.79 Å². The van der Waals surface area contributed by atoms with Crippen molar-refractivity contribution in [3.8, 4) is 0 Å². The van der Waals surface area contributed by atoms with Crippen molar-refractivity contribution < 1.29 is 4.79 Å². The van der Waals surface area contributed by atoms with E-state index in [9.17, 15) is 4.79 Å². The number of hydrogen-bond donors (Lipinski definition) is 0. The van der Waals surface area contributed by atoms with Crippen LogP contribution in [0.1, 0.15) is 92.9 Å². The van der Waals surface area contributed by atoms with Crippen LogP contribution >= 0.6 is 0 Å². The Hall–Kier alpha value is -0.850. The van der Waals surface area contributed by atoms with Crippen LogP contribution in [0.15, 0.2) is 23.3 Å². The van der Waals surface area contributed by atoms with Gasteiger partial charge in [0, 0.05) is 6.42 Å². The molecule has 24 heavy (non-hydrogen) atoms. The largest absolute Gasteiger partial charge is 0.300 e. The van der Waals surface area contributed by atoms with E-state index in [0.29, 0.717) is 23.0 Å². The number of hydrogen-bond acceptors (Lipinski definition) is 1. The lowest BCUT2D eigenvalue weighted by Gasteiger charge is -2.57. The van der Waals surface area contributed by atoms with Crippen LogP contribution in [0.3, 0.4) is 0 Å². The van der Waals surface area contributed by atoms with Crippen LogP contribution < -0.4 is 0 Å². The summed E-state index contributed by atoms with van der Waals surface area (Å²) in [6.45, 7) is 13.9. The van der Waals surface area contributed by atoms with Crippen LogP contribution in [0, 0.1) is 22.7 Å². The molecule has 0 aliphatic heterocycles. The lowest BCUT2D eigenvalue weighted by atomic mass is 9.48. The van der Waals surface area contributed by atoms with E-state index in [1.807, 2.05) is 0 Å². The molecule has 2 aliphatic carbocycles. The molecule has 3 unspecified atom stereocenters. The van der Waals surface area contributed by atoms with Gasteiger partial charge in [0.05, 0.1) is 0 Å². The minimum Gasteiger partial charge on any atom is -0.300 e. The number of Topliss-reactive ketones (excluding diaryl/α,β-unsaturated/α-hetero) is 1. The van der Waals surface area contributed by atoms with Crippen LogP contribution in [0.4, 0.5) is 0 Å². The monoisotopic (exact) mass is 330 g/mol. The highest BCUT2D eigenvalue weighted by molar-refractivity contribution is 5.75. The summed E-state index contributed by atoms with van der Waals surface area (Å²) in [5.74, 6) is 1.85. The Labute approximate surface area is 150 Å². The van der Waals surface area contributed by atoms with Gasteiger partial charge < -0.3 is 4.79 Å². The third-order valence-corrected chi connectivity index (χ3v) is 7.11. The van der Waals surface area contributed by atoms with Gasteiger partial charge in [-0.3, -0.25) is 0 Å². The van der Waals surface area contributed by atoms with Crippen molar-refractivity contribution in [2.75, 3.05) is 0 Å². The van der Waals surface area contributed by atoms with Gasteiger partial charge in [-0.25, -0.2) is 0 Å². The summed E-state index contributed by atoms with van der Waals surface area (Å²) in [7, 11) is 0. The first-order valence-electron chi connectivity index (χ1n) is 9.98. The van der Waals surface area contributed by atoms with Gasteiger partial charge in [0.1, 0.15) is 5.78 Å². The van der Waals surface area contributed by atoms with E-state index < -0.39 is 0 Å². The van der Waals surface area contributed by atoms with Gasteiger partial charge in [-0.15, -0.1) is 0 Å². The Balaban J connectivity index is 2.06. The zero-order valence-electron chi connectivity index (χ0n) is 16.9. The van der Waals surface area contributed by atoms with Crippen molar-refractivity contribution in [1.29, 1.82) is 0 Å². The molecule has 0 aromatic heterocycles. The molecule has 0 aromatic carbocycles. The van der Waals surface area contributed by atoms with E-state index >= 15 is 0 Å². The first-order valence-corrected chi connectivity index (χ1v) is 9.98. The first kappa shape index (κ1) is 19.5. The first-order chi connectivity index (χ1) is 11.2. The van der Waals surface area contributed by atoms with E-state index in [-0.39, 0.29) is 0 Å². The molecule has 1 fully saturated rings. The number of carbonyl (C=O) groups excluding carboxylic acids is 1. The van der Waals surface area contributed by atoms with Crippen LogP contribution in [0.25, 0.3) is 0 Å². The molecule has 0 spiro atoms. The van der Waals surface area contributed by atoms with E-state index in [2.05, 4.69) is 46.8 Å². The van der Waals surface area contributed by atoms with Crippen molar-refractivity contribution in [2.24, 2.45) is 22.7 Å². The molecular formula is C23H38O. The number of ketones is 1. The molecule has 2 aliphatic rings. The van der Waals surface area contributed by atoms with Gasteiger partial charge in [-0.2, -0.15) is 0 Å². The highest BCUT2D eigenvalue weighted by Gasteiger charge is 2.51. The fraction of sp³-hybridized carbons (Fsp3) is 0.783. The molecule has 0 N–H and O–H groups in total. The second-order valence-electron chi connectivity index (χ2n) is 9.47. The quantitative estimate of drug-likeness (QED) is 0.485. The van der Waals surface area contributed by atoms with Crippen molar-refractivity contribution in [2.45, 2.75) is 92.9 Å². The maximum absolute atomic E-state index is 11.1. The summed E-state index contributed by atoms with van der Waals surface area (Å²) >= 11 is 0. The minimum absolute atomic E-state index is 0.296. The predicted octanol–water partition coefficient (Wildman–Crippen LogP) is 6.88. The predicted molar refractivity (Wildman–Crippen MR) is 104 cm³/mol. The molecule has 0 saturated heterocycles. The second-order valence-corrected chi connectivity index (χ2v) is 9.47. The van der Waals surface area contributed by atoms with Gasteiger partial charge in [0.2, 0.25) is 0 Å². The number of carbonyl (C=O) groups is 1. The number of rotatable bonds is 6. The third kappa shape index (κ3) is 4.21. The summed E-state index contributed by atoms with van der Waals surface area (Å²) in [5.41, 5.74) is 4.04. The van der Waals surface area contributed by atoms with E-state index in [1.54, 1.807) is 12.5 Å². The summed E-state index contributed by atoms with van der Waals surface area (Å²) in [6, 6.07) is 0. The van der Waals surface area contributed by atoms with Crippen molar-refractivity contribution in [3.63, 3.8) is 0 Å². The molecule has 3 atom stereocenters. The maximum Gasteiger partial charge on any atom is 0.130 e. The van der Waals surface area contributed by atoms with Crippen LogP contribution in [-0.4, -0.2) is 5.78 Å². The standard InChI is InChI=1S/C23H38O/c1-17(9-7-10-19(3)24)11-13-20-18(2)12-14-21-22(4,5)15-8-16-23(20,21)6/h9,12,20-21H,7-8,10-11,13-16H2,1-6H3/b17-9-. The summed E-state index contributed by atoms with van der Waals surface area (Å²) in [5, 5.41) is 0. The van der Waals surface area contributed by atoms with E-state index in [4.69, 9.17) is 0 Å². The van der Waals surface area contributed by atoms with Gasteiger partial charge >= 0.3 is 0 Å². The fourth-order valence-corrected chi connectivity index (χ4v) is 5.69. The average Bonchev–Trinajstić information content (AvgIpc) is 2.45. The Morgan fingerprint density at radius 1 is 1.21 bits per heavy atom. The summed E-state index contributed by atoms with van der Waals surface area (Å²) in [4.78, 5) is 11.1. The zero-order valence-corrected chi connectivity index (χ0v) is 16.9. The topological polar surface area (TPSA) is 17.1 Å². The normalized spacial score (nSPS) is 32.9. The van der Waals surface area contributed by atoms with Crippen molar-refractivity contribution in [3.05, 3.63) is 23.3 Å². The lowest BCUT2D eigenvalue weighted by Crippen LogP contribution is -2.48. The SMILES string of the molecule is CC(=O)CC/C=C(/C)CCC1C(C)=CCC2C(C)(C)CCCC12C. The molecule has 0 amide bonds. The van der Waals surface area contributed by atoms with Crippen LogP contribution in [0.2, 0.25) is 0 Å². The van der Waals surface area contributed by atoms with Gasteiger partial charge in [0.25, 0.3) is 0 Å². The molecular weight excluding hydrogens is 292 g/mol. The average molecular weight is 331 g/mol. The number of allylic oxidation sites excluding steroid dienone is 4. The number of fused-ring (bicyclic) bond motifs is 1. The van der Waals surface area contributed by atoms with Gasteiger partial charge in [-0.05, 0) is 82.0 Å². The molecule has 1 nitrogen and oxygen atoms in total. The van der Waals surface area contributed by atoms with Crippen molar-refractivity contribution in [1.82, 2.24) is 0 Å². The Bertz CT molecular complexity index is 522. The fourth-order valence-electron chi connectivity index (χ4n) is 5.69. The lowest BCUT2D eigenvalue weighted by molar-refractivity contribution is -0.116. The van der Waals surface area contributed by atoms with E-state index in [0.717, 1.165) is 18.3 Å². The smallest absolute Gasteiger partial charge is 0.130 e. The molecule has 0 radical (unpaired) electrons. The highest BCUT2D eigenvalue weighted by Crippen LogP contribution is 2.60. The molecule has 0 heterocycles.